The highest BCUT2D eigenvalue weighted by Gasteiger charge is 2.29. The van der Waals surface area contributed by atoms with Crippen LogP contribution in [0.3, 0.4) is 0 Å². The van der Waals surface area contributed by atoms with Gasteiger partial charge in [-0.25, -0.2) is 0 Å². The molecule has 3 amide bonds. The van der Waals surface area contributed by atoms with Crippen LogP contribution in [-0.4, -0.2) is 35.2 Å². The van der Waals surface area contributed by atoms with Gasteiger partial charge in [0.15, 0.2) is 0 Å². The van der Waals surface area contributed by atoms with Crippen LogP contribution in [0.25, 0.3) is 0 Å². The van der Waals surface area contributed by atoms with Crippen molar-refractivity contribution in [1.29, 1.82) is 0 Å². The Hall–Kier alpha value is -2.14. The van der Waals surface area contributed by atoms with E-state index in [9.17, 15) is 14.4 Å². The Bertz CT molecular complexity index is 630. The van der Waals surface area contributed by atoms with E-state index in [-0.39, 0.29) is 18.5 Å². The summed E-state index contributed by atoms with van der Waals surface area (Å²) < 4.78 is 0. The van der Waals surface area contributed by atoms with Crippen LogP contribution in [0.15, 0.2) is 30.4 Å². The molecule has 1 aromatic carbocycles. The number of hydrogen-bond acceptors (Lipinski definition) is 3. The number of carbonyl (C=O) groups is 3. The number of benzene rings is 1. The van der Waals surface area contributed by atoms with Gasteiger partial charge in [-0.1, -0.05) is 32.0 Å². The van der Waals surface area contributed by atoms with Gasteiger partial charge in [0.1, 0.15) is 12.5 Å². The van der Waals surface area contributed by atoms with Crippen molar-refractivity contribution in [1.82, 2.24) is 4.90 Å². The molecule has 1 aromatic rings. The van der Waals surface area contributed by atoms with E-state index in [4.69, 9.17) is 11.6 Å². The van der Waals surface area contributed by atoms with Crippen molar-refractivity contribution in [3.63, 3.8) is 0 Å². The first-order valence-corrected chi connectivity index (χ1v) is 8.07. The molecule has 5 nitrogen and oxygen atoms in total. The molecule has 0 atom stereocenters. The van der Waals surface area contributed by atoms with Crippen LogP contribution >= 0.6 is 11.6 Å². The smallest absolute Gasteiger partial charge is 0.255 e. The number of carbonyl (C=O) groups excluding carboxylic acids is 3. The van der Waals surface area contributed by atoms with E-state index in [1.165, 1.54) is 17.1 Å². The summed E-state index contributed by atoms with van der Waals surface area (Å²) in [6, 6.07) is 5.82. The standard InChI is InChI=1S/C17H19ClN2O3/c1-3-12-6-5-7-13(4-2)17(12)20(16(23)10-18)11-19-14(21)8-9-15(19)22/h5-9H,3-4,10-11H2,1-2H3. The molecule has 1 aliphatic heterocycles. The average Bonchev–Trinajstić information content (AvgIpc) is 2.89. The van der Waals surface area contributed by atoms with Crippen LogP contribution in [0.5, 0.6) is 0 Å². The van der Waals surface area contributed by atoms with Crippen LogP contribution in [-0.2, 0) is 27.2 Å². The zero-order valence-electron chi connectivity index (χ0n) is 13.2. The van der Waals surface area contributed by atoms with Crippen molar-refractivity contribution < 1.29 is 14.4 Å². The van der Waals surface area contributed by atoms with Gasteiger partial charge in [-0.15, -0.1) is 11.6 Å². The molecule has 1 heterocycles. The molecule has 23 heavy (non-hydrogen) atoms. The topological polar surface area (TPSA) is 57.7 Å². The molecule has 0 saturated carbocycles. The zero-order chi connectivity index (χ0) is 17.0. The van der Waals surface area contributed by atoms with Gasteiger partial charge in [-0.3, -0.25) is 24.2 Å². The number of amides is 3. The maximum Gasteiger partial charge on any atom is 0.255 e. The van der Waals surface area contributed by atoms with Crippen LogP contribution in [0.2, 0.25) is 0 Å². The van der Waals surface area contributed by atoms with E-state index in [0.29, 0.717) is 0 Å². The van der Waals surface area contributed by atoms with Crippen LogP contribution in [0, 0.1) is 0 Å². The number of alkyl halides is 1. The number of aryl methyl sites for hydroxylation is 2. The van der Waals surface area contributed by atoms with Gasteiger partial charge in [-0.2, -0.15) is 0 Å². The molecular formula is C17H19ClN2O3. The SMILES string of the molecule is CCc1cccc(CC)c1N(CN1C(=O)C=CC1=O)C(=O)CCl. The molecule has 0 fully saturated rings. The fourth-order valence-electron chi connectivity index (χ4n) is 2.62. The summed E-state index contributed by atoms with van der Waals surface area (Å²) in [5.41, 5.74) is 2.71. The first-order valence-electron chi connectivity index (χ1n) is 7.54. The summed E-state index contributed by atoms with van der Waals surface area (Å²) >= 11 is 5.75. The third-order valence-corrected chi connectivity index (χ3v) is 4.06. The number of rotatable bonds is 6. The Morgan fingerprint density at radius 1 is 1.09 bits per heavy atom. The summed E-state index contributed by atoms with van der Waals surface area (Å²) in [6.45, 7) is 3.87. The third-order valence-electron chi connectivity index (χ3n) is 3.83. The van der Waals surface area contributed by atoms with Crippen LogP contribution in [0.4, 0.5) is 5.69 Å². The van der Waals surface area contributed by atoms with Crippen molar-refractivity contribution in [3.05, 3.63) is 41.5 Å². The number of halogens is 1. The second kappa shape index (κ2) is 7.42. The molecule has 0 spiro atoms. The Morgan fingerprint density at radius 3 is 2.04 bits per heavy atom. The zero-order valence-corrected chi connectivity index (χ0v) is 14.0. The average molecular weight is 335 g/mol. The van der Waals surface area contributed by atoms with Crippen LogP contribution in [0.1, 0.15) is 25.0 Å². The van der Waals surface area contributed by atoms with Crippen molar-refractivity contribution in [3.8, 4) is 0 Å². The number of nitrogens with zero attached hydrogens (tertiary/aromatic N) is 2. The minimum Gasteiger partial charge on any atom is -0.292 e. The van der Waals surface area contributed by atoms with E-state index in [1.54, 1.807) is 0 Å². The lowest BCUT2D eigenvalue weighted by atomic mass is 10.0. The van der Waals surface area contributed by atoms with E-state index in [1.807, 2.05) is 32.0 Å². The molecule has 0 radical (unpaired) electrons. The minimum atomic E-state index is -0.422. The van der Waals surface area contributed by atoms with Crippen molar-refractivity contribution >= 4 is 35.0 Å². The molecule has 0 aliphatic carbocycles. The van der Waals surface area contributed by atoms with E-state index < -0.39 is 11.8 Å². The molecular weight excluding hydrogens is 316 g/mol. The number of hydrogen-bond donors (Lipinski definition) is 0. The molecule has 0 aromatic heterocycles. The van der Waals surface area contributed by atoms with E-state index in [0.717, 1.165) is 34.6 Å². The van der Waals surface area contributed by atoms with Gasteiger partial charge in [-0.05, 0) is 24.0 Å². The molecule has 0 saturated heterocycles. The molecule has 6 heteroatoms. The molecule has 122 valence electrons. The molecule has 0 N–H and O–H groups in total. The monoisotopic (exact) mass is 334 g/mol. The van der Waals surface area contributed by atoms with Crippen molar-refractivity contribution in [2.24, 2.45) is 0 Å². The summed E-state index contributed by atoms with van der Waals surface area (Å²) in [5.74, 6) is -1.40. The third kappa shape index (κ3) is 3.45. The number of para-hydroxylation sites is 1. The number of imide groups is 1. The highest BCUT2D eigenvalue weighted by molar-refractivity contribution is 6.29. The van der Waals surface area contributed by atoms with Crippen LogP contribution < -0.4 is 4.90 Å². The van der Waals surface area contributed by atoms with Gasteiger partial charge >= 0.3 is 0 Å². The lowest BCUT2D eigenvalue weighted by Gasteiger charge is -2.30. The molecule has 0 unspecified atom stereocenters. The fourth-order valence-corrected chi connectivity index (χ4v) is 2.76. The summed E-state index contributed by atoms with van der Waals surface area (Å²) in [6.07, 6.45) is 3.88. The quantitative estimate of drug-likeness (QED) is 0.592. The molecule has 0 bridgehead atoms. The number of anilines is 1. The Labute approximate surface area is 140 Å². The Balaban J connectivity index is 2.46. The van der Waals surface area contributed by atoms with Crippen molar-refractivity contribution in [2.45, 2.75) is 26.7 Å². The lowest BCUT2D eigenvalue weighted by molar-refractivity contribution is -0.136. The second-order valence-corrected chi connectivity index (χ2v) is 5.43. The summed E-state index contributed by atoms with van der Waals surface area (Å²) in [7, 11) is 0. The van der Waals surface area contributed by atoms with Crippen molar-refractivity contribution in [2.75, 3.05) is 17.4 Å². The first-order chi connectivity index (χ1) is 11.0. The van der Waals surface area contributed by atoms with Gasteiger partial charge in [0.2, 0.25) is 5.91 Å². The predicted molar refractivity (Wildman–Crippen MR) is 89.3 cm³/mol. The van der Waals surface area contributed by atoms with Gasteiger partial charge < -0.3 is 0 Å². The molecule has 1 aliphatic rings. The first kappa shape index (κ1) is 17.2. The highest BCUT2D eigenvalue weighted by atomic mass is 35.5. The fraction of sp³-hybridized carbons (Fsp3) is 0.353. The second-order valence-electron chi connectivity index (χ2n) is 5.17. The van der Waals surface area contributed by atoms with Gasteiger partial charge in [0, 0.05) is 12.2 Å². The maximum absolute atomic E-state index is 12.4. The maximum atomic E-state index is 12.4. The minimum absolute atomic E-state index is 0.125. The summed E-state index contributed by atoms with van der Waals surface area (Å²) in [4.78, 5) is 38.5. The Kier molecular flexibility index (Phi) is 5.55. The van der Waals surface area contributed by atoms with E-state index >= 15 is 0 Å². The van der Waals surface area contributed by atoms with Gasteiger partial charge in [0.05, 0.1) is 5.69 Å². The van der Waals surface area contributed by atoms with Gasteiger partial charge in [0.25, 0.3) is 11.8 Å². The largest absolute Gasteiger partial charge is 0.292 e. The van der Waals surface area contributed by atoms with E-state index in [2.05, 4.69) is 0 Å². The predicted octanol–water partition coefficient (Wildman–Crippen LogP) is 2.27. The normalized spacial score (nSPS) is 13.8. The summed E-state index contributed by atoms with van der Waals surface area (Å²) in [5, 5.41) is 0. The highest BCUT2D eigenvalue weighted by Crippen LogP contribution is 2.28. The Morgan fingerprint density at radius 2 is 1.61 bits per heavy atom. The lowest BCUT2D eigenvalue weighted by Crippen LogP contribution is -2.45. The molecule has 2 rings (SSSR count).